The van der Waals surface area contributed by atoms with Gasteiger partial charge in [0.2, 0.25) is 0 Å². The highest BCUT2D eigenvalue weighted by Crippen LogP contribution is 2.24. The molecule has 1 atom stereocenters. The van der Waals surface area contributed by atoms with Gasteiger partial charge in [0.05, 0.1) is 6.04 Å². The summed E-state index contributed by atoms with van der Waals surface area (Å²) in [5.41, 5.74) is 7.32. The number of hydrogen-bond donors (Lipinski definition) is 1. The first-order chi connectivity index (χ1) is 6.77. The lowest BCUT2D eigenvalue weighted by Gasteiger charge is -2.09. The zero-order valence-corrected chi connectivity index (χ0v) is 11.7. The molecule has 80 valence electrons. The van der Waals surface area contributed by atoms with Gasteiger partial charge in [0.1, 0.15) is 0 Å². The molecule has 15 heavy (non-hydrogen) atoms. The monoisotopic (exact) mass is 351 g/mol. The number of halogens is 2. The second kappa shape index (κ2) is 5.84. The van der Waals surface area contributed by atoms with E-state index < -0.39 is 0 Å². The van der Waals surface area contributed by atoms with E-state index in [9.17, 15) is 0 Å². The van der Waals surface area contributed by atoms with Crippen molar-refractivity contribution in [3.05, 3.63) is 55.8 Å². The van der Waals surface area contributed by atoms with Crippen LogP contribution in [0.4, 0.5) is 0 Å². The number of benzene rings is 1. The molecule has 0 aliphatic heterocycles. The van der Waals surface area contributed by atoms with Crippen molar-refractivity contribution in [1.29, 1.82) is 0 Å². The van der Waals surface area contributed by atoms with Crippen molar-refractivity contribution in [2.45, 2.75) is 6.04 Å². The Morgan fingerprint density at radius 2 is 2.00 bits per heavy atom. The molecule has 0 unspecified atom stereocenters. The molecule has 0 fully saturated rings. The fourth-order valence-electron chi connectivity index (χ4n) is 1.33. The summed E-state index contributed by atoms with van der Waals surface area (Å²) in [5, 5.41) is 2.06. The Labute approximate surface area is 113 Å². The lowest BCUT2D eigenvalue weighted by Crippen LogP contribution is -2.09. The Bertz CT molecular complexity index is 416. The molecule has 1 nitrogen and oxygen atoms in total. The average molecular weight is 352 g/mol. The quantitative estimate of drug-likeness (QED) is 0.818. The molecule has 2 aromatic rings. The molecule has 2 rings (SSSR count). The Balaban J connectivity index is 0.00000112. The normalized spacial score (nSPS) is 11.9. The van der Waals surface area contributed by atoms with Gasteiger partial charge in [0.25, 0.3) is 0 Å². The van der Waals surface area contributed by atoms with Gasteiger partial charge in [-0.15, -0.1) is 23.7 Å². The summed E-state index contributed by atoms with van der Waals surface area (Å²) in [6.07, 6.45) is 0. The molecule has 0 saturated carbocycles. The van der Waals surface area contributed by atoms with Gasteiger partial charge < -0.3 is 5.73 Å². The molecule has 0 amide bonds. The number of rotatable bonds is 2. The molecule has 1 heterocycles. The van der Waals surface area contributed by atoms with Crippen molar-refractivity contribution in [1.82, 2.24) is 0 Å². The van der Waals surface area contributed by atoms with Crippen LogP contribution in [-0.4, -0.2) is 0 Å². The summed E-state index contributed by atoms with van der Waals surface area (Å²) < 4.78 is 1.23. The summed E-state index contributed by atoms with van der Waals surface area (Å²) in [4.78, 5) is 1.21. The van der Waals surface area contributed by atoms with Crippen molar-refractivity contribution in [3.8, 4) is 0 Å². The van der Waals surface area contributed by atoms with Crippen LogP contribution in [0.15, 0.2) is 41.8 Å². The number of nitrogens with two attached hydrogens (primary N) is 1. The lowest BCUT2D eigenvalue weighted by atomic mass is 10.1. The number of hydrogen-bond acceptors (Lipinski definition) is 2. The minimum atomic E-state index is 0. The SMILES string of the molecule is Cl.N[C@@H](c1cccc(I)c1)c1cccs1. The van der Waals surface area contributed by atoms with Crippen LogP contribution in [0.2, 0.25) is 0 Å². The van der Waals surface area contributed by atoms with Gasteiger partial charge >= 0.3 is 0 Å². The summed E-state index contributed by atoms with van der Waals surface area (Å²) >= 11 is 4.01. The minimum absolute atomic E-state index is 0. The van der Waals surface area contributed by atoms with Crippen molar-refractivity contribution < 1.29 is 0 Å². The van der Waals surface area contributed by atoms with E-state index in [1.165, 1.54) is 14.0 Å². The van der Waals surface area contributed by atoms with Crippen molar-refractivity contribution >= 4 is 46.3 Å². The maximum Gasteiger partial charge on any atom is 0.0646 e. The van der Waals surface area contributed by atoms with Gasteiger partial charge in [-0.1, -0.05) is 18.2 Å². The van der Waals surface area contributed by atoms with E-state index in [2.05, 4.69) is 52.2 Å². The maximum atomic E-state index is 6.14. The van der Waals surface area contributed by atoms with Crippen LogP contribution in [0, 0.1) is 3.57 Å². The predicted molar refractivity (Wildman–Crippen MR) is 76.8 cm³/mol. The van der Waals surface area contributed by atoms with Gasteiger partial charge in [0, 0.05) is 8.45 Å². The Morgan fingerprint density at radius 1 is 1.20 bits per heavy atom. The van der Waals surface area contributed by atoms with E-state index in [1.807, 2.05) is 12.1 Å². The summed E-state index contributed by atoms with van der Waals surface area (Å²) in [7, 11) is 0. The Hall–Kier alpha value is -0.100. The minimum Gasteiger partial charge on any atom is -0.320 e. The van der Waals surface area contributed by atoms with Crippen LogP contribution in [0.25, 0.3) is 0 Å². The van der Waals surface area contributed by atoms with Gasteiger partial charge in [-0.05, 0) is 51.7 Å². The molecule has 1 aromatic carbocycles. The van der Waals surface area contributed by atoms with Gasteiger partial charge in [0.15, 0.2) is 0 Å². The van der Waals surface area contributed by atoms with Gasteiger partial charge in [-0.25, -0.2) is 0 Å². The molecular formula is C11H11ClINS. The third-order valence-corrected chi connectivity index (χ3v) is 3.68. The predicted octanol–water partition coefficient (Wildman–Crippen LogP) is 3.82. The summed E-state index contributed by atoms with van der Waals surface area (Å²) in [6.45, 7) is 0. The molecule has 0 saturated heterocycles. The fraction of sp³-hybridized carbons (Fsp3) is 0.0909. The summed E-state index contributed by atoms with van der Waals surface area (Å²) in [6, 6.07) is 12.5. The Kier molecular flexibility index (Phi) is 5.05. The summed E-state index contributed by atoms with van der Waals surface area (Å²) in [5.74, 6) is 0. The molecule has 0 bridgehead atoms. The van der Waals surface area contributed by atoms with Crippen LogP contribution in [0.3, 0.4) is 0 Å². The Morgan fingerprint density at radius 3 is 2.60 bits per heavy atom. The van der Waals surface area contributed by atoms with Crippen LogP contribution >= 0.6 is 46.3 Å². The first-order valence-electron chi connectivity index (χ1n) is 4.32. The lowest BCUT2D eigenvalue weighted by molar-refractivity contribution is 0.892. The van der Waals surface area contributed by atoms with Crippen molar-refractivity contribution in [2.24, 2.45) is 5.73 Å². The van der Waals surface area contributed by atoms with Crippen LogP contribution in [-0.2, 0) is 0 Å². The number of thiophene rings is 1. The van der Waals surface area contributed by atoms with Crippen LogP contribution in [0.5, 0.6) is 0 Å². The van der Waals surface area contributed by atoms with Crippen molar-refractivity contribution in [2.75, 3.05) is 0 Å². The zero-order valence-electron chi connectivity index (χ0n) is 7.89. The highest BCUT2D eigenvalue weighted by Gasteiger charge is 2.09. The largest absolute Gasteiger partial charge is 0.320 e. The molecule has 1 aromatic heterocycles. The molecule has 0 aliphatic carbocycles. The highest BCUT2D eigenvalue weighted by molar-refractivity contribution is 14.1. The highest BCUT2D eigenvalue weighted by atomic mass is 127. The van der Waals surface area contributed by atoms with E-state index in [0.29, 0.717) is 0 Å². The van der Waals surface area contributed by atoms with E-state index >= 15 is 0 Å². The van der Waals surface area contributed by atoms with E-state index in [0.717, 1.165) is 0 Å². The smallest absolute Gasteiger partial charge is 0.0646 e. The molecule has 4 heteroatoms. The standard InChI is InChI=1S/C11H10INS.ClH/c12-9-4-1-3-8(7-9)11(13)10-5-2-6-14-10;/h1-7,11H,13H2;1H/t11-;/m0./s1. The van der Waals surface area contributed by atoms with Crippen LogP contribution < -0.4 is 5.73 Å². The third kappa shape index (κ3) is 3.17. The molecule has 0 radical (unpaired) electrons. The van der Waals surface area contributed by atoms with E-state index in [4.69, 9.17) is 5.73 Å². The van der Waals surface area contributed by atoms with E-state index in [1.54, 1.807) is 11.3 Å². The van der Waals surface area contributed by atoms with Gasteiger partial charge in [-0.3, -0.25) is 0 Å². The van der Waals surface area contributed by atoms with Crippen LogP contribution in [0.1, 0.15) is 16.5 Å². The van der Waals surface area contributed by atoms with Crippen molar-refractivity contribution in [3.63, 3.8) is 0 Å². The average Bonchev–Trinajstić information content (AvgIpc) is 2.69. The maximum absolute atomic E-state index is 6.14. The second-order valence-corrected chi connectivity index (χ2v) is 5.27. The first kappa shape index (κ1) is 13.0. The second-order valence-electron chi connectivity index (χ2n) is 3.05. The van der Waals surface area contributed by atoms with Gasteiger partial charge in [-0.2, -0.15) is 0 Å². The fourth-order valence-corrected chi connectivity index (χ4v) is 2.65. The molecular weight excluding hydrogens is 341 g/mol. The molecule has 0 spiro atoms. The molecule has 0 aliphatic rings. The van der Waals surface area contributed by atoms with E-state index in [-0.39, 0.29) is 18.4 Å². The zero-order chi connectivity index (χ0) is 9.97. The molecule has 2 N–H and O–H groups in total. The third-order valence-electron chi connectivity index (χ3n) is 2.06. The topological polar surface area (TPSA) is 26.0 Å². The first-order valence-corrected chi connectivity index (χ1v) is 6.27.